The van der Waals surface area contributed by atoms with E-state index in [0.717, 1.165) is 29.6 Å². The van der Waals surface area contributed by atoms with Gasteiger partial charge in [-0.2, -0.15) is 0 Å². The highest BCUT2D eigenvalue weighted by molar-refractivity contribution is 5.73. The standard InChI is InChI=1S/C25H43NO.C2H6/c1-5-6-7-18-9-11-22-21-10-8-19-16-20(26-17(2)27)12-14-25(19,4)23(21)13-15-24(18,22)3;1-2/h18-23H,5-16H2,1-4H3,(H,26,27);1-2H3. The van der Waals surface area contributed by atoms with Crippen LogP contribution >= 0.6 is 0 Å². The van der Waals surface area contributed by atoms with Crippen molar-refractivity contribution in [2.24, 2.45) is 40.4 Å². The van der Waals surface area contributed by atoms with E-state index in [9.17, 15) is 4.79 Å². The van der Waals surface area contributed by atoms with Gasteiger partial charge in [-0.15, -0.1) is 0 Å². The van der Waals surface area contributed by atoms with Gasteiger partial charge in [-0.1, -0.05) is 47.5 Å². The zero-order chi connectivity index (χ0) is 21.2. The van der Waals surface area contributed by atoms with Crippen molar-refractivity contribution in [1.29, 1.82) is 0 Å². The molecule has 4 aliphatic rings. The average molecular weight is 404 g/mol. The summed E-state index contributed by atoms with van der Waals surface area (Å²) in [6, 6.07) is 0.441. The summed E-state index contributed by atoms with van der Waals surface area (Å²) >= 11 is 0. The number of fused-ring (bicyclic) bond motifs is 5. The summed E-state index contributed by atoms with van der Waals surface area (Å²) in [4.78, 5) is 11.5. The largest absolute Gasteiger partial charge is 0.354 e. The lowest BCUT2D eigenvalue weighted by Crippen LogP contribution is -2.55. The van der Waals surface area contributed by atoms with Crippen LogP contribution in [0.2, 0.25) is 0 Å². The highest BCUT2D eigenvalue weighted by Gasteiger charge is 2.59. The molecule has 0 radical (unpaired) electrons. The summed E-state index contributed by atoms with van der Waals surface area (Å²) in [5, 5.41) is 3.23. The molecule has 8 atom stereocenters. The fourth-order valence-electron chi connectivity index (χ4n) is 8.71. The molecule has 4 saturated carbocycles. The van der Waals surface area contributed by atoms with Crippen LogP contribution in [0.15, 0.2) is 0 Å². The van der Waals surface area contributed by atoms with Crippen LogP contribution in [0.5, 0.6) is 0 Å². The maximum atomic E-state index is 11.5. The molecular formula is C27H49NO. The van der Waals surface area contributed by atoms with Crippen molar-refractivity contribution in [2.45, 2.75) is 125 Å². The lowest BCUT2D eigenvalue weighted by atomic mass is 9.44. The minimum Gasteiger partial charge on any atom is -0.354 e. The van der Waals surface area contributed by atoms with Gasteiger partial charge in [0.15, 0.2) is 0 Å². The zero-order valence-corrected chi connectivity index (χ0v) is 20.4. The normalized spacial score (nSPS) is 45.9. The lowest BCUT2D eigenvalue weighted by Gasteiger charge is -2.61. The first kappa shape index (κ1) is 23.1. The van der Waals surface area contributed by atoms with Gasteiger partial charge in [0.1, 0.15) is 0 Å². The third-order valence-electron chi connectivity index (χ3n) is 10.2. The van der Waals surface area contributed by atoms with E-state index in [-0.39, 0.29) is 5.91 Å². The zero-order valence-electron chi connectivity index (χ0n) is 20.4. The van der Waals surface area contributed by atoms with Gasteiger partial charge in [-0.3, -0.25) is 4.79 Å². The number of carbonyl (C=O) groups excluding carboxylic acids is 1. The molecule has 0 spiro atoms. The lowest BCUT2D eigenvalue weighted by molar-refractivity contribution is -0.125. The Bertz CT molecular complexity index is 559. The number of nitrogens with one attached hydrogen (secondary N) is 1. The predicted molar refractivity (Wildman–Crippen MR) is 124 cm³/mol. The van der Waals surface area contributed by atoms with E-state index in [1.807, 2.05) is 13.8 Å². The second-order valence-corrected chi connectivity index (χ2v) is 11.3. The van der Waals surface area contributed by atoms with E-state index in [1.165, 1.54) is 77.0 Å². The molecule has 168 valence electrons. The molecule has 4 rings (SSSR count). The van der Waals surface area contributed by atoms with Crippen molar-refractivity contribution in [1.82, 2.24) is 5.32 Å². The molecular weight excluding hydrogens is 354 g/mol. The Morgan fingerprint density at radius 1 is 0.931 bits per heavy atom. The van der Waals surface area contributed by atoms with Crippen molar-refractivity contribution in [3.63, 3.8) is 0 Å². The molecule has 0 aromatic rings. The van der Waals surface area contributed by atoms with Gasteiger partial charge < -0.3 is 5.32 Å². The van der Waals surface area contributed by atoms with Crippen molar-refractivity contribution in [3.8, 4) is 0 Å². The Kier molecular flexibility index (Phi) is 7.43. The molecule has 0 heterocycles. The minimum atomic E-state index is 0.162. The minimum absolute atomic E-state index is 0.162. The Morgan fingerprint density at radius 2 is 1.62 bits per heavy atom. The fraction of sp³-hybridized carbons (Fsp3) is 0.963. The molecule has 1 N–H and O–H groups in total. The predicted octanol–water partition coefficient (Wildman–Crippen LogP) is 7.37. The van der Waals surface area contributed by atoms with Crippen LogP contribution in [0.4, 0.5) is 0 Å². The first-order valence-electron chi connectivity index (χ1n) is 13.2. The second-order valence-electron chi connectivity index (χ2n) is 11.3. The molecule has 0 aromatic carbocycles. The molecule has 4 fully saturated rings. The van der Waals surface area contributed by atoms with E-state index in [2.05, 4.69) is 26.1 Å². The number of rotatable bonds is 4. The highest BCUT2D eigenvalue weighted by atomic mass is 16.1. The van der Waals surface area contributed by atoms with Crippen LogP contribution in [0.3, 0.4) is 0 Å². The summed E-state index contributed by atoms with van der Waals surface area (Å²) in [5.74, 6) is 4.96. The van der Waals surface area contributed by atoms with E-state index in [1.54, 1.807) is 6.92 Å². The van der Waals surface area contributed by atoms with Crippen LogP contribution < -0.4 is 5.32 Å². The summed E-state index contributed by atoms with van der Waals surface area (Å²) in [6.45, 7) is 13.4. The van der Waals surface area contributed by atoms with Crippen LogP contribution in [0.1, 0.15) is 119 Å². The summed E-state index contributed by atoms with van der Waals surface area (Å²) in [5.41, 5.74) is 1.19. The molecule has 29 heavy (non-hydrogen) atoms. The molecule has 2 heteroatoms. The number of amides is 1. The van der Waals surface area contributed by atoms with Crippen LogP contribution in [-0.2, 0) is 4.79 Å². The maximum Gasteiger partial charge on any atom is 0.217 e. The fourth-order valence-corrected chi connectivity index (χ4v) is 8.71. The van der Waals surface area contributed by atoms with E-state index in [4.69, 9.17) is 0 Å². The van der Waals surface area contributed by atoms with E-state index in [0.29, 0.717) is 16.9 Å². The Morgan fingerprint density at radius 3 is 2.31 bits per heavy atom. The summed E-state index contributed by atoms with van der Waals surface area (Å²) in [6.07, 6.45) is 16.9. The third-order valence-corrected chi connectivity index (χ3v) is 10.2. The van der Waals surface area contributed by atoms with Crippen LogP contribution in [-0.4, -0.2) is 11.9 Å². The SMILES string of the molecule is CC.CCCCC1CCC2C3CCC4CC(NC(C)=O)CCC4(C)C3CCC12C. The smallest absolute Gasteiger partial charge is 0.217 e. The average Bonchev–Trinajstić information content (AvgIpc) is 3.04. The van der Waals surface area contributed by atoms with Gasteiger partial charge in [0.25, 0.3) is 0 Å². The Balaban J connectivity index is 0.00000117. The van der Waals surface area contributed by atoms with Crippen molar-refractivity contribution < 1.29 is 4.79 Å². The van der Waals surface area contributed by atoms with Crippen molar-refractivity contribution in [2.75, 3.05) is 0 Å². The molecule has 0 saturated heterocycles. The molecule has 2 nitrogen and oxygen atoms in total. The Labute approximate surface area is 181 Å². The van der Waals surface area contributed by atoms with Crippen LogP contribution in [0, 0.1) is 40.4 Å². The first-order chi connectivity index (χ1) is 13.9. The second kappa shape index (κ2) is 9.31. The van der Waals surface area contributed by atoms with Gasteiger partial charge in [0.05, 0.1) is 0 Å². The van der Waals surface area contributed by atoms with E-state index >= 15 is 0 Å². The van der Waals surface area contributed by atoms with Gasteiger partial charge in [-0.05, 0) is 105 Å². The highest BCUT2D eigenvalue weighted by Crippen LogP contribution is 2.67. The number of carbonyl (C=O) groups is 1. The topological polar surface area (TPSA) is 29.1 Å². The van der Waals surface area contributed by atoms with E-state index < -0.39 is 0 Å². The molecule has 1 amide bonds. The molecule has 0 aromatic heterocycles. The third kappa shape index (κ3) is 4.16. The molecule has 0 bridgehead atoms. The van der Waals surface area contributed by atoms with Gasteiger partial charge >= 0.3 is 0 Å². The summed E-state index contributed by atoms with van der Waals surface area (Å²) in [7, 11) is 0. The van der Waals surface area contributed by atoms with Gasteiger partial charge in [-0.25, -0.2) is 0 Å². The number of unbranched alkanes of at least 4 members (excludes halogenated alkanes) is 1. The maximum absolute atomic E-state index is 11.5. The first-order valence-corrected chi connectivity index (χ1v) is 13.2. The van der Waals surface area contributed by atoms with Crippen molar-refractivity contribution >= 4 is 5.91 Å². The van der Waals surface area contributed by atoms with Gasteiger partial charge in [0.2, 0.25) is 5.91 Å². The molecule has 0 aliphatic heterocycles. The number of hydrogen-bond acceptors (Lipinski definition) is 1. The molecule has 4 aliphatic carbocycles. The quantitative estimate of drug-likeness (QED) is 0.521. The van der Waals surface area contributed by atoms with Crippen LogP contribution in [0.25, 0.3) is 0 Å². The monoisotopic (exact) mass is 403 g/mol. The Hall–Kier alpha value is -0.530. The van der Waals surface area contributed by atoms with Crippen molar-refractivity contribution in [3.05, 3.63) is 0 Å². The molecule has 8 unspecified atom stereocenters. The number of hydrogen-bond donors (Lipinski definition) is 1. The van der Waals surface area contributed by atoms with Gasteiger partial charge in [0, 0.05) is 13.0 Å². The summed E-state index contributed by atoms with van der Waals surface area (Å²) < 4.78 is 0.